The van der Waals surface area contributed by atoms with Gasteiger partial charge in [-0.05, 0) is 61.1 Å². The molecule has 2 N–H and O–H groups in total. The Morgan fingerprint density at radius 1 is 1.12 bits per heavy atom. The van der Waals surface area contributed by atoms with Gasteiger partial charge in [-0.2, -0.15) is 5.26 Å². The van der Waals surface area contributed by atoms with Crippen molar-refractivity contribution in [2.75, 3.05) is 0 Å². The van der Waals surface area contributed by atoms with Crippen molar-refractivity contribution in [3.05, 3.63) is 112 Å². The van der Waals surface area contributed by atoms with Crippen molar-refractivity contribution in [1.82, 2.24) is 10.3 Å². The third-order valence-corrected chi connectivity index (χ3v) is 7.95. The molecule has 1 aliphatic rings. The molecule has 0 radical (unpaired) electrons. The summed E-state index contributed by atoms with van der Waals surface area (Å²) in [5.41, 5.74) is 5.58. The highest BCUT2D eigenvalue weighted by molar-refractivity contribution is 6.32. The summed E-state index contributed by atoms with van der Waals surface area (Å²) < 4.78 is 27.4. The van der Waals surface area contributed by atoms with Crippen molar-refractivity contribution >= 4 is 11.6 Å². The number of aliphatic hydroxyl groups excluding tert-OH is 1. The lowest BCUT2D eigenvalue weighted by molar-refractivity contribution is 0.141. The maximum Gasteiger partial charge on any atom is 0.142 e. The lowest BCUT2D eigenvalue weighted by atomic mass is 9.96. The molecule has 5 rings (SSSR count). The molecular weight excluding hydrogens is 553 g/mol. The van der Waals surface area contributed by atoms with Crippen molar-refractivity contribution in [3.63, 3.8) is 0 Å². The van der Waals surface area contributed by atoms with E-state index < -0.39 is 6.10 Å². The second kappa shape index (κ2) is 13.3. The molecule has 4 aromatic rings. The number of nitrogens with zero attached hydrogens (tertiary/aromatic N) is 2. The van der Waals surface area contributed by atoms with Gasteiger partial charge in [-0.15, -0.1) is 0 Å². The van der Waals surface area contributed by atoms with Crippen LogP contribution < -0.4 is 14.8 Å². The number of fused-ring (bicyclic) bond motifs is 1. The summed E-state index contributed by atoms with van der Waals surface area (Å²) in [6.07, 6.45) is 4.64. The molecule has 216 valence electrons. The normalized spacial score (nSPS) is 15.5. The quantitative estimate of drug-likeness (QED) is 0.192. The standard InChI is InChI=1S/C34H33ClFN3O3/c1-3-31(21(2)40)39-19-24-14-29(35)34(15-33(24)41-20-23-13-22(16-37)17-38-18-23)42-32-12-11-26-25(8-6-9-28(26)32)27-7-4-5-10-30(27)36/h4-10,13-15,17-18,21,31-32,39-40H,3,11-12,19-20H2,1-2H3/t21-,31-,32+/m1/s1. The number of halogens is 2. The number of hydrogen-bond donors (Lipinski definition) is 2. The minimum Gasteiger partial charge on any atom is -0.488 e. The zero-order valence-electron chi connectivity index (χ0n) is 23.6. The van der Waals surface area contributed by atoms with Gasteiger partial charge in [0.2, 0.25) is 0 Å². The molecular formula is C34H33ClFN3O3. The van der Waals surface area contributed by atoms with E-state index in [-0.39, 0.29) is 24.6 Å². The highest BCUT2D eigenvalue weighted by Crippen LogP contribution is 2.43. The van der Waals surface area contributed by atoms with Gasteiger partial charge >= 0.3 is 0 Å². The molecule has 3 aromatic carbocycles. The first kappa shape index (κ1) is 29.5. The highest BCUT2D eigenvalue weighted by atomic mass is 35.5. The van der Waals surface area contributed by atoms with Crippen molar-refractivity contribution in [1.29, 1.82) is 5.26 Å². The van der Waals surface area contributed by atoms with Gasteiger partial charge in [0.25, 0.3) is 0 Å². The first-order valence-electron chi connectivity index (χ1n) is 14.1. The summed E-state index contributed by atoms with van der Waals surface area (Å²) in [7, 11) is 0. The minimum atomic E-state index is -0.520. The molecule has 0 bridgehead atoms. The summed E-state index contributed by atoms with van der Waals surface area (Å²) >= 11 is 6.77. The molecule has 0 unspecified atom stereocenters. The predicted octanol–water partition coefficient (Wildman–Crippen LogP) is 7.31. The van der Waals surface area contributed by atoms with E-state index in [2.05, 4.69) is 16.4 Å². The van der Waals surface area contributed by atoms with Crippen LogP contribution in [0.1, 0.15) is 60.6 Å². The zero-order chi connectivity index (χ0) is 29.6. The summed E-state index contributed by atoms with van der Waals surface area (Å²) in [5.74, 6) is 0.805. The number of benzene rings is 3. The van der Waals surface area contributed by atoms with Crippen LogP contribution in [0.5, 0.6) is 11.5 Å². The average molecular weight is 586 g/mol. The maximum absolute atomic E-state index is 14.6. The van der Waals surface area contributed by atoms with Crippen LogP contribution in [0.2, 0.25) is 5.02 Å². The number of ether oxygens (including phenoxy) is 2. The average Bonchev–Trinajstić information content (AvgIpc) is 3.41. The van der Waals surface area contributed by atoms with Crippen molar-refractivity contribution in [2.24, 2.45) is 0 Å². The summed E-state index contributed by atoms with van der Waals surface area (Å²) in [4.78, 5) is 4.12. The van der Waals surface area contributed by atoms with Gasteiger partial charge in [0, 0.05) is 47.7 Å². The first-order chi connectivity index (χ1) is 20.4. The highest BCUT2D eigenvalue weighted by Gasteiger charge is 2.28. The molecule has 0 spiro atoms. The number of aliphatic hydroxyl groups is 1. The minimum absolute atomic E-state index is 0.0947. The molecule has 0 amide bonds. The van der Waals surface area contributed by atoms with E-state index in [0.717, 1.165) is 47.1 Å². The topological polar surface area (TPSA) is 87.4 Å². The van der Waals surface area contributed by atoms with Crippen LogP contribution in [0.3, 0.4) is 0 Å². The van der Waals surface area contributed by atoms with Gasteiger partial charge in [-0.3, -0.25) is 4.98 Å². The van der Waals surface area contributed by atoms with Crippen molar-refractivity contribution in [3.8, 4) is 28.7 Å². The molecule has 0 saturated heterocycles. The number of hydrogen-bond acceptors (Lipinski definition) is 6. The summed E-state index contributed by atoms with van der Waals surface area (Å²) in [6.45, 7) is 4.39. The molecule has 1 aromatic heterocycles. The van der Waals surface area contributed by atoms with Gasteiger partial charge in [0.1, 0.15) is 36.1 Å². The number of rotatable bonds is 11. The molecule has 1 aliphatic carbocycles. The Labute approximate surface area is 250 Å². The van der Waals surface area contributed by atoms with E-state index in [9.17, 15) is 14.8 Å². The number of pyridine rings is 1. The molecule has 0 aliphatic heterocycles. The van der Waals surface area contributed by atoms with E-state index >= 15 is 0 Å². The van der Waals surface area contributed by atoms with E-state index in [0.29, 0.717) is 34.2 Å². The van der Waals surface area contributed by atoms with Crippen LogP contribution in [-0.4, -0.2) is 22.2 Å². The third kappa shape index (κ3) is 6.57. The maximum atomic E-state index is 14.6. The van der Waals surface area contributed by atoms with E-state index in [1.807, 2.05) is 37.3 Å². The van der Waals surface area contributed by atoms with Crippen LogP contribution in [0.25, 0.3) is 11.1 Å². The summed E-state index contributed by atoms with van der Waals surface area (Å²) in [6, 6.07) is 20.1. The number of nitriles is 1. The molecule has 0 saturated carbocycles. The van der Waals surface area contributed by atoms with Crippen molar-refractivity contribution in [2.45, 2.75) is 64.5 Å². The van der Waals surface area contributed by atoms with Gasteiger partial charge < -0.3 is 19.9 Å². The Morgan fingerprint density at radius 3 is 2.69 bits per heavy atom. The Balaban J connectivity index is 1.43. The SMILES string of the molecule is CC[C@@H](NCc1cc(Cl)c(O[C@H]2CCc3c(-c4ccccc4F)cccc32)cc1OCc1cncc(C#N)c1)[C@@H](C)O. The molecule has 0 fully saturated rings. The number of nitrogens with one attached hydrogen (secondary N) is 1. The van der Waals surface area contributed by atoms with E-state index in [1.54, 1.807) is 37.4 Å². The summed E-state index contributed by atoms with van der Waals surface area (Å²) in [5, 5.41) is 23.2. The van der Waals surface area contributed by atoms with E-state index in [1.165, 1.54) is 12.3 Å². The molecule has 6 nitrogen and oxygen atoms in total. The van der Waals surface area contributed by atoms with Crippen molar-refractivity contribution < 1.29 is 19.0 Å². The first-order valence-corrected chi connectivity index (χ1v) is 14.5. The monoisotopic (exact) mass is 585 g/mol. The second-order valence-electron chi connectivity index (χ2n) is 10.5. The molecule has 1 heterocycles. The Bertz CT molecular complexity index is 1600. The van der Waals surface area contributed by atoms with Crippen LogP contribution in [0, 0.1) is 17.1 Å². The van der Waals surface area contributed by atoms with Gasteiger partial charge in [-0.25, -0.2) is 4.39 Å². The van der Waals surface area contributed by atoms with Crippen LogP contribution in [0.4, 0.5) is 4.39 Å². The fourth-order valence-electron chi connectivity index (χ4n) is 5.45. The molecule has 42 heavy (non-hydrogen) atoms. The lowest BCUT2D eigenvalue weighted by Gasteiger charge is -2.22. The predicted molar refractivity (Wildman–Crippen MR) is 161 cm³/mol. The Hall–Kier alpha value is -3.96. The smallest absolute Gasteiger partial charge is 0.142 e. The van der Waals surface area contributed by atoms with Crippen LogP contribution in [-0.2, 0) is 19.6 Å². The second-order valence-corrected chi connectivity index (χ2v) is 10.9. The Kier molecular flexibility index (Phi) is 9.38. The zero-order valence-corrected chi connectivity index (χ0v) is 24.4. The molecule has 8 heteroatoms. The van der Waals surface area contributed by atoms with Crippen LogP contribution in [0.15, 0.2) is 73.1 Å². The third-order valence-electron chi connectivity index (χ3n) is 7.66. The fourth-order valence-corrected chi connectivity index (χ4v) is 5.68. The number of aromatic nitrogens is 1. The van der Waals surface area contributed by atoms with Gasteiger partial charge in [0.15, 0.2) is 0 Å². The lowest BCUT2D eigenvalue weighted by Crippen LogP contribution is -2.37. The van der Waals surface area contributed by atoms with Gasteiger partial charge in [-0.1, -0.05) is 54.9 Å². The molecule has 3 atom stereocenters. The fraction of sp³-hybridized carbons (Fsp3) is 0.294. The van der Waals surface area contributed by atoms with Crippen LogP contribution >= 0.6 is 11.6 Å². The largest absolute Gasteiger partial charge is 0.488 e. The van der Waals surface area contributed by atoms with E-state index in [4.69, 9.17) is 21.1 Å². The Morgan fingerprint density at radius 2 is 1.93 bits per heavy atom. The van der Waals surface area contributed by atoms with Gasteiger partial charge in [0.05, 0.1) is 16.7 Å².